The highest BCUT2D eigenvalue weighted by Gasteiger charge is 2.30. The SMILES string of the molecule is COc1cccc(C(O)C2=CC(C)(C)Oc3cc(OC)ccc32)c1. The first kappa shape index (κ1) is 16.4. The van der Waals surface area contributed by atoms with Gasteiger partial charge in [0.1, 0.15) is 29.0 Å². The van der Waals surface area contributed by atoms with Crippen LogP contribution < -0.4 is 14.2 Å². The molecule has 0 aromatic heterocycles. The third-order valence-corrected chi connectivity index (χ3v) is 4.08. The van der Waals surface area contributed by atoms with Crippen molar-refractivity contribution in [3.63, 3.8) is 0 Å². The Hall–Kier alpha value is -2.46. The second-order valence-electron chi connectivity index (χ2n) is 6.35. The van der Waals surface area contributed by atoms with E-state index in [0.29, 0.717) is 11.5 Å². The van der Waals surface area contributed by atoms with Gasteiger partial charge in [-0.15, -0.1) is 0 Å². The van der Waals surface area contributed by atoms with Gasteiger partial charge in [0.25, 0.3) is 0 Å². The van der Waals surface area contributed by atoms with Crippen molar-refractivity contribution in [2.75, 3.05) is 14.2 Å². The number of aliphatic hydroxyl groups excluding tert-OH is 1. The first-order valence-electron chi connectivity index (χ1n) is 7.86. The second kappa shape index (κ2) is 6.21. The largest absolute Gasteiger partial charge is 0.497 e. The summed E-state index contributed by atoms with van der Waals surface area (Å²) >= 11 is 0. The first-order chi connectivity index (χ1) is 11.4. The van der Waals surface area contributed by atoms with Crippen LogP contribution in [0.2, 0.25) is 0 Å². The molecule has 1 heterocycles. The maximum absolute atomic E-state index is 11.0. The van der Waals surface area contributed by atoms with E-state index in [4.69, 9.17) is 14.2 Å². The molecule has 1 unspecified atom stereocenters. The summed E-state index contributed by atoms with van der Waals surface area (Å²) in [4.78, 5) is 0. The normalized spacial score (nSPS) is 16.5. The Kier molecular flexibility index (Phi) is 4.24. The molecule has 1 N–H and O–H groups in total. The summed E-state index contributed by atoms with van der Waals surface area (Å²) in [5, 5.41) is 11.0. The Balaban J connectivity index is 2.06. The highest BCUT2D eigenvalue weighted by atomic mass is 16.5. The number of hydrogen-bond donors (Lipinski definition) is 1. The van der Waals surface area contributed by atoms with Crippen molar-refractivity contribution in [3.8, 4) is 17.2 Å². The number of aliphatic hydroxyl groups is 1. The van der Waals surface area contributed by atoms with Crippen molar-refractivity contribution in [2.24, 2.45) is 0 Å². The summed E-state index contributed by atoms with van der Waals surface area (Å²) < 4.78 is 16.6. The van der Waals surface area contributed by atoms with Crippen molar-refractivity contribution in [1.82, 2.24) is 0 Å². The number of methoxy groups -OCH3 is 2. The average Bonchev–Trinajstić information content (AvgIpc) is 2.59. The van der Waals surface area contributed by atoms with Gasteiger partial charge in [-0.05, 0) is 55.3 Å². The maximum Gasteiger partial charge on any atom is 0.131 e. The zero-order valence-corrected chi connectivity index (χ0v) is 14.4. The van der Waals surface area contributed by atoms with E-state index in [-0.39, 0.29) is 0 Å². The molecule has 24 heavy (non-hydrogen) atoms. The Morgan fingerprint density at radius 2 is 1.71 bits per heavy atom. The molecule has 4 nitrogen and oxygen atoms in total. The summed E-state index contributed by atoms with van der Waals surface area (Å²) in [6, 6.07) is 13.1. The molecule has 0 bridgehead atoms. The summed E-state index contributed by atoms with van der Waals surface area (Å²) in [5.41, 5.74) is 1.94. The van der Waals surface area contributed by atoms with Gasteiger partial charge in [-0.2, -0.15) is 0 Å². The molecule has 0 aliphatic carbocycles. The molecule has 1 atom stereocenters. The highest BCUT2D eigenvalue weighted by Crippen LogP contribution is 2.43. The predicted octanol–water partition coefficient (Wildman–Crippen LogP) is 3.99. The van der Waals surface area contributed by atoms with E-state index in [1.807, 2.05) is 62.4 Å². The van der Waals surface area contributed by atoms with Gasteiger partial charge in [0, 0.05) is 11.6 Å². The Labute approximate surface area is 142 Å². The van der Waals surface area contributed by atoms with Gasteiger partial charge in [-0.3, -0.25) is 0 Å². The molecule has 2 aromatic rings. The summed E-state index contributed by atoms with van der Waals surface area (Å²) in [6.07, 6.45) is 1.20. The van der Waals surface area contributed by atoms with Gasteiger partial charge in [0.15, 0.2) is 0 Å². The lowest BCUT2D eigenvalue weighted by atomic mass is 9.88. The van der Waals surface area contributed by atoms with Crippen molar-refractivity contribution in [2.45, 2.75) is 25.6 Å². The molecule has 4 heteroatoms. The van der Waals surface area contributed by atoms with Crippen LogP contribution in [0.3, 0.4) is 0 Å². The molecule has 0 fully saturated rings. The molecule has 0 amide bonds. The third-order valence-electron chi connectivity index (χ3n) is 4.08. The van der Waals surface area contributed by atoms with E-state index in [9.17, 15) is 5.11 Å². The Morgan fingerprint density at radius 1 is 1.00 bits per heavy atom. The minimum Gasteiger partial charge on any atom is -0.497 e. The fourth-order valence-electron chi connectivity index (χ4n) is 2.94. The van der Waals surface area contributed by atoms with Crippen molar-refractivity contribution in [1.29, 1.82) is 0 Å². The molecule has 1 aliphatic rings. The van der Waals surface area contributed by atoms with E-state index in [1.165, 1.54) is 0 Å². The van der Waals surface area contributed by atoms with E-state index in [1.54, 1.807) is 14.2 Å². The molecule has 0 saturated carbocycles. The summed E-state index contributed by atoms with van der Waals surface area (Å²) in [6.45, 7) is 3.93. The Bertz CT molecular complexity index is 777. The average molecular weight is 326 g/mol. The number of rotatable bonds is 4. The lowest BCUT2D eigenvalue weighted by molar-refractivity contribution is 0.152. The van der Waals surface area contributed by atoms with Gasteiger partial charge in [-0.25, -0.2) is 0 Å². The number of hydrogen-bond acceptors (Lipinski definition) is 4. The van der Waals surface area contributed by atoms with Gasteiger partial charge in [-0.1, -0.05) is 12.1 Å². The molecule has 1 aliphatic heterocycles. The van der Waals surface area contributed by atoms with Crippen molar-refractivity contribution >= 4 is 5.57 Å². The van der Waals surface area contributed by atoms with Crippen molar-refractivity contribution in [3.05, 3.63) is 59.7 Å². The molecular formula is C20H22O4. The highest BCUT2D eigenvalue weighted by molar-refractivity contribution is 5.77. The van der Waals surface area contributed by atoms with E-state index in [0.717, 1.165) is 22.4 Å². The molecule has 0 spiro atoms. The smallest absolute Gasteiger partial charge is 0.131 e. The number of ether oxygens (including phenoxy) is 3. The summed E-state index contributed by atoms with van der Waals surface area (Å²) in [7, 11) is 3.24. The zero-order valence-electron chi connectivity index (χ0n) is 14.4. The van der Waals surface area contributed by atoms with Crippen LogP contribution in [0.4, 0.5) is 0 Å². The number of fused-ring (bicyclic) bond motifs is 1. The van der Waals surface area contributed by atoms with Crippen LogP contribution in [0.25, 0.3) is 5.57 Å². The molecule has 2 aromatic carbocycles. The van der Waals surface area contributed by atoms with E-state index < -0.39 is 11.7 Å². The van der Waals surface area contributed by atoms with Crippen LogP contribution in [0.5, 0.6) is 17.2 Å². The van der Waals surface area contributed by atoms with Crippen LogP contribution in [-0.2, 0) is 0 Å². The third kappa shape index (κ3) is 3.10. The monoisotopic (exact) mass is 326 g/mol. The number of benzene rings is 2. The van der Waals surface area contributed by atoms with Crippen LogP contribution >= 0.6 is 0 Å². The molecular weight excluding hydrogens is 304 g/mol. The van der Waals surface area contributed by atoms with E-state index >= 15 is 0 Å². The van der Waals surface area contributed by atoms with Crippen LogP contribution in [0, 0.1) is 0 Å². The topological polar surface area (TPSA) is 47.9 Å². The minimum atomic E-state index is -0.768. The Morgan fingerprint density at radius 3 is 2.42 bits per heavy atom. The quantitative estimate of drug-likeness (QED) is 0.923. The van der Waals surface area contributed by atoms with Crippen LogP contribution in [-0.4, -0.2) is 24.9 Å². The lowest BCUT2D eigenvalue weighted by Gasteiger charge is -2.33. The molecule has 0 saturated heterocycles. The molecule has 0 radical (unpaired) electrons. The molecule has 126 valence electrons. The lowest BCUT2D eigenvalue weighted by Crippen LogP contribution is -2.30. The van der Waals surface area contributed by atoms with Gasteiger partial charge in [0.2, 0.25) is 0 Å². The van der Waals surface area contributed by atoms with Crippen molar-refractivity contribution < 1.29 is 19.3 Å². The zero-order chi connectivity index (χ0) is 17.3. The van der Waals surface area contributed by atoms with Gasteiger partial charge < -0.3 is 19.3 Å². The maximum atomic E-state index is 11.0. The van der Waals surface area contributed by atoms with E-state index in [2.05, 4.69) is 0 Å². The molecule has 3 rings (SSSR count). The van der Waals surface area contributed by atoms with Crippen LogP contribution in [0.1, 0.15) is 31.1 Å². The van der Waals surface area contributed by atoms with Crippen LogP contribution in [0.15, 0.2) is 48.5 Å². The summed E-state index contributed by atoms with van der Waals surface area (Å²) in [5.74, 6) is 2.15. The predicted molar refractivity (Wildman–Crippen MR) is 93.6 cm³/mol. The van der Waals surface area contributed by atoms with Gasteiger partial charge >= 0.3 is 0 Å². The first-order valence-corrected chi connectivity index (χ1v) is 7.86. The standard InChI is InChI=1S/C20H22O4/c1-20(2)12-17(16-9-8-15(23-4)11-18(16)24-20)19(21)13-6-5-7-14(10-13)22-3/h5-12,19,21H,1-4H3. The minimum absolute atomic E-state index is 0.519. The fourth-order valence-corrected chi connectivity index (χ4v) is 2.94. The second-order valence-corrected chi connectivity index (χ2v) is 6.35. The fraction of sp³-hybridized carbons (Fsp3) is 0.300. The van der Waals surface area contributed by atoms with Gasteiger partial charge in [0.05, 0.1) is 14.2 Å².